The first-order valence-corrected chi connectivity index (χ1v) is 6.61. The Balaban J connectivity index is 2.38. The molecule has 1 aromatic carbocycles. The van der Waals surface area contributed by atoms with Gasteiger partial charge in [-0.3, -0.25) is 4.98 Å². The Bertz CT molecular complexity index is 540. The zero-order valence-electron chi connectivity index (χ0n) is 11.4. The Morgan fingerprint density at radius 3 is 2.74 bits per heavy atom. The molecule has 0 aliphatic heterocycles. The number of halogens is 1. The number of nitrogens with zero attached hydrogens (tertiary/aromatic N) is 1. The molecule has 0 spiro atoms. The summed E-state index contributed by atoms with van der Waals surface area (Å²) in [4.78, 5) is 4.21. The predicted octanol–water partition coefficient (Wildman–Crippen LogP) is 3.62. The van der Waals surface area contributed by atoms with Gasteiger partial charge in [-0.05, 0) is 37.1 Å². The number of rotatable bonds is 5. The molecular formula is C16H19FN2. The highest BCUT2D eigenvalue weighted by molar-refractivity contribution is 5.32. The summed E-state index contributed by atoms with van der Waals surface area (Å²) in [6, 6.07) is 8.80. The first-order chi connectivity index (χ1) is 9.22. The molecule has 100 valence electrons. The molecule has 3 heteroatoms. The van der Waals surface area contributed by atoms with E-state index in [1.54, 1.807) is 12.3 Å². The van der Waals surface area contributed by atoms with Gasteiger partial charge in [0.2, 0.25) is 0 Å². The summed E-state index contributed by atoms with van der Waals surface area (Å²) in [6.45, 7) is 4.93. The third-order valence-corrected chi connectivity index (χ3v) is 3.04. The van der Waals surface area contributed by atoms with Crippen molar-refractivity contribution in [2.75, 3.05) is 6.54 Å². The summed E-state index contributed by atoms with van der Waals surface area (Å²) in [7, 11) is 0. The summed E-state index contributed by atoms with van der Waals surface area (Å²) in [5.74, 6) is -0.183. The molecule has 2 rings (SSSR count). The van der Waals surface area contributed by atoms with Crippen LogP contribution >= 0.6 is 0 Å². The van der Waals surface area contributed by atoms with E-state index in [1.165, 1.54) is 6.07 Å². The average molecular weight is 258 g/mol. The molecule has 2 aromatic rings. The van der Waals surface area contributed by atoms with E-state index in [0.29, 0.717) is 5.56 Å². The molecule has 0 saturated carbocycles. The maximum absolute atomic E-state index is 14.0. The lowest BCUT2D eigenvalue weighted by molar-refractivity contribution is 0.545. The van der Waals surface area contributed by atoms with Gasteiger partial charge in [0.25, 0.3) is 0 Å². The average Bonchev–Trinajstić information content (AvgIpc) is 2.41. The number of aromatic nitrogens is 1. The molecule has 2 nitrogen and oxygen atoms in total. The SMILES string of the molecule is CCCNC(c1cncc(C)c1)c1ccccc1F. The molecule has 1 aromatic heterocycles. The Hall–Kier alpha value is -1.74. The number of pyridine rings is 1. The quantitative estimate of drug-likeness (QED) is 0.886. The first-order valence-electron chi connectivity index (χ1n) is 6.61. The van der Waals surface area contributed by atoms with Crippen molar-refractivity contribution < 1.29 is 4.39 Å². The van der Waals surface area contributed by atoms with E-state index in [-0.39, 0.29) is 11.9 Å². The number of aryl methyl sites for hydroxylation is 1. The van der Waals surface area contributed by atoms with E-state index in [1.807, 2.05) is 31.3 Å². The van der Waals surface area contributed by atoms with Crippen LogP contribution in [-0.4, -0.2) is 11.5 Å². The lowest BCUT2D eigenvalue weighted by Gasteiger charge is -2.20. The van der Waals surface area contributed by atoms with Crippen LogP contribution in [0.25, 0.3) is 0 Å². The highest BCUT2D eigenvalue weighted by Gasteiger charge is 2.17. The van der Waals surface area contributed by atoms with E-state index in [9.17, 15) is 4.39 Å². The molecule has 0 aliphatic rings. The Kier molecular flexibility index (Phi) is 4.63. The summed E-state index contributed by atoms with van der Waals surface area (Å²) in [6.07, 6.45) is 4.61. The monoisotopic (exact) mass is 258 g/mol. The van der Waals surface area contributed by atoms with E-state index in [0.717, 1.165) is 24.1 Å². The van der Waals surface area contributed by atoms with Gasteiger partial charge in [-0.15, -0.1) is 0 Å². The first kappa shape index (κ1) is 13.7. The third kappa shape index (κ3) is 3.38. The van der Waals surface area contributed by atoms with Gasteiger partial charge in [0.1, 0.15) is 5.82 Å². The van der Waals surface area contributed by atoms with E-state index < -0.39 is 0 Å². The Labute approximate surface area is 113 Å². The molecule has 0 saturated heterocycles. The fraction of sp³-hybridized carbons (Fsp3) is 0.312. The zero-order chi connectivity index (χ0) is 13.7. The zero-order valence-corrected chi connectivity index (χ0v) is 11.4. The fourth-order valence-corrected chi connectivity index (χ4v) is 2.14. The van der Waals surface area contributed by atoms with Crippen molar-refractivity contribution in [1.82, 2.24) is 10.3 Å². The van der Waals surface area contributed by atoms with Gasteiger partial charge in [-0.25, -0.2) is 4.39 Å². The van der Waals surface area contributed by atoms with Crippen molar-refractivity contribution in [3.8, 4) is 0 Å². The van der Waals surface area contributed by atoms with Crippen LogP contribution in [0.4, 0.5) is 4.39 Å². The maximum Gasteiger partial charge on any atom is 0.128 e. The van der Waals surface area contributed by atoms with Crippen LogP contribution in [0.5, 0.6) is 0 Å². The normalized spacial score (nSPS) is 12.4. The standard InChI is InChI=1S/C16H19FN2/c1-3-8-19-16(13-9-12(2)10-18-11-13)14-6-4-5-7-15(14)17/h4-7,9-11,16,19H,3,8H2,1-2H3. The number of benzene rings is 1. The Morgan fingerprint density at radius 2 is 2.05 bits per heavy atom. The van der Waals surface area contributed by atoms with Crippen LogP contribution < -0.4 is 5.32 Å². The van der Waals surface area contributed by atoms with Crippen molar-refractivity contribution in [3.63, 3.8) is 0 Å². The third-order valence-electron chi connectivity index (χ3n) is 3.04. The summed E-state index contributed by atoms with van der Waals surface area (Å²) in [5, 5.41) is 3.39. The molecule has 0 aliphatic carbocycles. The van der Waals surface area contributed by atoms with E-state index in [4.69, 9.17) is 0 Å². The number of hydrogen-bond acceptors (Lipinski definition) is 2. The van der Waals surface area contributed by atoms with Crippen LogP contribution in [0.1, 0.15) is 36.1 Å². The van der Waals surface area contributed by atoms with Gasteiger partial charge in [0.05, 0.1) is 6.04 Å². The molecule has 0 fully saturated rings. The second-order valence-electron chi connectivity index (χ2n) is 4.70. The van der Waals surface area contributed by atoms with Gasteiger partial charge in [-0.1, -0.05) is 31.2 Å². The Morgan fingerprint density at radius 1 is 1.26 bits per heavy atom. The van der Waals surface area contributed by atoms with Crippen LogP contribution in [0.2, 0.25) is 0 Å². The highest BCUT2D eigenvalue weighted by Crippen LogP contribution is 2.24. The van der Waals surface area contributed by atoms with Crippen LogP contribution in [0.3, 0.4) is 0 Å². The van der Waals surface area contributed by atoms with Gasteiger partial charge < -0.3 is 5.32 Å². The van der Waals surface area contributed by atoms with E-state index >= 15 is 0 Å². The molecule has 0 amide bonds. The maximum atomic E-state index is 14.0. The highest BCUT2D eigenvalue weighted by atomic mass is 19.1. The lowest BCUT2D eigenvalue weighted by Crippen LogP contribution is -2.24. The molecule has 1 atom stereocenters. The molecule has 0 bridgehead atoms. The minimum absolute atomic E-state index is 0.145. The second kappa shape index (κ2) is 6.43. The number of hydrogen-bond donors (Lipinski definition) is 1. The van der Waals surface area contributed by atoms with Crippen molar-refractivity contribution in [2.45, 2.75) is 26.3 Å². The van der Waals surface area contributed by atoms with Gasteiger partial charge in [0.15, 0.2) is 0 Å². The fourth-order valence-electron chi connectivity index (χ4n) is 2.14. The van der Waals surface area contributed by atoms with Gasteiger partial charge in [0, 0.05) is 18.0 Å². The summed E-state index contributed by atoms with van der Waals surface area (Å²) < 4.78 is 14.0. The van der Waals surface area contributed by atoms with E-state index in [2.05, 4.69) is 17.2 Å². The molecule has 1 N–H and O–H groups in total. The van der Waals surface area contributed by atoms with Crippen LogP contribution in [0, 0.1) is 12.7 Å². The van der Waals surface area contributed by atoms with Crippen molar-refractivity contribution >= 4 is 0 Å². The predicted molar refractivity (Wildman–Crippen MR) is 75.5 cm³/mol. The molecular weight excluding hydrogens is 239 g/mol. The van der Waals surface area contributed by atoms with Crippen molar-refractivity contribution in [3.05, 3.63) is 65.2 Å². The molecule has 19 heavy (non-hydrogen) atoms. The molecule has 0 radical (unpaired) electrons. The second-order valence-corrected chi connectivity index (χ2v) is 4.70. The van der Waals surface area contributed by atoms with Gasteiger partial charge in [-0.2, -0.15) is 0 Å². The smallest absolute Gasteiger partial charge is 0.128 e. The van der Waals surface area contributed by atoms with Crippen LogP contribution in [0.15, 0.2) is 42.7 Å². The molecule has 1 unspecified atom stereocenters. The van der Waals surface area contributed by atoms with Gasteiger partial charge >= 0.3 is 0 Å². The summed E-state index contributed by atoms with van der Waals surface area (Å²) in [5.41, 5.74) is 2.75. The minimum atomic E-state index is -0.183. The topological polar surface area (TPSA) is 24.9 Å². The largest absolute Gasteiger partial charge is 0.306 e. The minimum Gasteiger partial charge on any atom is -0.306 e. The molecule has 1 heterocycles. The van der Waals surface area contributed by atoms with Crippen molar-refractivity contribution in [2.24, 2.45) is 0 Å². The lowest BCUT2D eigenvalue weighted by atomic mass is 9.98. The number of nitrogens with one attached hydrogen (secondary N) is 1. The van der Waals surface area contributed by atoms with Crippen LogP contribution in [-0.2, 0) is 0 Å². The van der Waals surface area contributed by atoms with Crippen molar-refractivity contribution in [1.29, 1.82) is 0 Å². The summed E-state index contributed by atoms with van der Waals surface area (Å²) >= 11 is 0.